The van der Waals surface area contributed by atoms with Crippen LogP contribution in [0.3, 0.4) is 0 Å². The fourth-order valence-corrected chi connectivity index (χ4v) is 1.85. The van der Waals surface area contributed by atoms with Crippen LogP contribution in [0, 0.1) is 11.3 Å². The van der Waals surface area contributed by atoms with E-state index in [0.717, 1.165) is 19.6 Å². The molecule has 15 heavy (non-hydrogen) atoms. The van der Waals surface area contributed by atoms with Crippen molar-refractivity contribution >= 4 is 6.72 Å². The van der Waals surface area contributed by atoms with Gasteiger partial charge in [0.15, 0.2) is 0 Å². The highest BCUT2D eigenvalue weighted by Gasteiger charge is 2.33. The summed E-state index contributed by atoms with van der Waals surface area (Å²) in [5.41, 5.74) is 1.47. The average molecular weight is 209 g/mol. The van der Waals surface area contributed by atoms with E-state index in [1.165, 1.54) is 5.70 Å². The van der Waals surface area contributed by atoms with Crippen LogP contribution in [0.15, 0.2) is 16.9 Å². The Morgan fingerprint density at radius 2 is 2.27 bits per heavy atom. The third kappa shape index (κ3) is 2.59. The van der Waals surface area contributed by atoms with Gasteiger partial charge in [-0.05, 0) is 12.8 Å². The van der Waals surface area contributed by atoms with Crippen molar-refractivity contribution in [3.05, 3.63) is 11.8 Å². The van der Waals surface area contributed by atoms with Crippen molar-refractivity contribution in [1.82, 2.24) is 10.3 Å². The second-order valence-corrected chi connectivity index (χ2v) is 4.89. The van der Waals surface area contributed by atoms with E-state index in [-0.39, 0.29) is 5.41 Å². The van der Waals surface area contributed by atoms with Crippen LogP contribution in [0.1, 0.15) is 27.7 Å². The standard InChI is InChI=1S/C12H23N3/c1-6-11-7-14-8-12(4,10(2)3)9-15(11)13-5/h6,10,14H,5,7-9H2,1-4H3/b11-6-. The lowest BCUT2D eigenvalue weighted by Crippen LogP contribution is -2.39. The van der Waals surface area contributed by atoms with Crippen LogP contribution in [0.4, 0.5) is 0 Å². The molecule has 0 aliphatic carbocycles. The Labute approximate surface area is 93.2 Å². The van der Waals surface area contributed by atoms with Crippen molar-refractivity contribution in [3.63, 3.8) is 0 Å². The molecule has 3 heteroatoms. The molecule has 1 unspecified atom stereocenters. The van der Waals surface area contributed by atoms with E-state index in [4.69, 9.17) is 0 Å². The summed E-state index contributed by atoms with van der Waals surface area (Å²) in [4.78, 5) is 0. The molecule has 0 aromatic rings. The molecule has 0 aromatic heterocycles. The van der Waals surface area contributed by atoms with E-state index in [0.29, 0.717) is 5.92 Å². The van der Waals surface area contributed by atoms with Crippen LogP contribution >= 0.6 is 0 Å². The second-order valence-electron chi connectivity index (χ2n) is 4.89. The average Bonchev–Trinajstić information content (AvgIpc) is 2.37. The van der Waals surface area contributed by atoms with Gasteiger partial charge in [-0.1, -0.05) is 26.8 Å². The minimum absolute atomic E-state index is 0.256. The minimum atomic E-state index is 0.256. The zero-order valence-corrected chi connectivity index (χ0v) is 10.4. The maximum absolute atomic E-state index is 4.11. The highest BCUT2D eigenvalue weighted by Crippen LogP contribution is 2.30. The van der Waals surface area contributed by atoms with Gasteiger partial charge >= 0.3 is 0 Å². The van der Waals surface area contributed by atoms with Crippen LogP contribution in [0.2, 0.25) is 0 Å². The van der Waals surface area contributed by atoms with E-state index < -0.39 is 0 Å². The maximum Gasteiger partial charge on any atom is 0.0480 e. The summed E-state index contributed by atoms with van der Waals surface area (Å²) in [7, 11) is 0. The Kier molecular flexibility index (Phi) is 3.91. The maximum atomic E-state index is 4.11. The first-order chi connectivity index (χ1) is 7.03. The Morgan fingerprint density at radius 1 is 1.60 bits per heavy atom. The summed E-state index contributed by atoms with van der Waals surface area (Å²) in [5.74, 6) is 0.630. The molecule has 0 radical (unpaired) electrons. The summed E-state index contributed by atoms with van der Waals surface area (Å²) in [6.07, 6.45) is 2.10. The van der Waals surface area contributed by atoms with E-state index in [9.17, 15) is 0 Å². The molecule has 0 bridgehead atoms. The molecule has 3 nitrogen and oxygen atoms in total. The van der Waals surface area contributed by atoms with Gasteiger partial charge in [0.25, 0.3) is 0 Å². The molecule has 86 valence electrons. The van der Waals surface area contributed by atoms with Crippen LogP contribution in [0.25, 0.3) is 0 Å². The van der Waals surface area contributed by atoms with Crippen molar-refractivity contribution in [2.75, 3.05) is 19.6 Å². The molecular weight excluding hydrogens is 186 g/mol. The molecule has 0 spiro atoms. The molecule has 1 aliphatic rings. The van der Waals surface area contributed by atoms with E-state index in [1.807, 2.05) is 11.9 Å². The Balaban J connectivity index is 2.88. The molecule has 1 atom stereocenters. The predicted octanol–water partition coefficient (Wildman–Crippen LogP) is 2.07. The van der Waals surface area contributed by atoms with Gasteiger partial charge in [0.05, 0.1) is 0 Å². The van der Waals surface area contributed by atoms with Crippen molar-refractivity contribution < 1.29 is 0 Å². The Hall–Kier alpha value is -0.830. The molecule has 0 aromatic carbocycles. The van der Waals surface area contributed by atoms with E-state index in [1.54, 1.807) is 0 Å². The molecule has 1 rings (SSSR count). The second kappa shape index (κ2) is 4.79. The van der Waals surface area contributed by atoms with Crippen molar-refractivity contribution in [1.29, 1.82) is 0 Å². The zero-order valence-electron chi connectivity index (χ0n) is 10.4. The topological polar surface area (TPSA) is 27.6 Å². The third-order valence-electron chi connectivity index (χ3n) is 3.58. The summed E-state index contributed by atoms with van der Waals surface area (Å²) in [6.45, 7) is 15.4. The van der Waals surface area contributed by atoms with Gasteiger partial charge in [0.1, 0.15) is 0 Å². The van der Waals surface area contributed by atoms with Crippen LogP contribution in [-0.2, 0) is 0 Å². The summed E-state index contributed by atoms with van der Waals surface area (Å²) < 4.78 is 0. The smallest absolute Gasteiger partial charge is 0.0480 e. The van der Waals surface area contributed by atoms with E-state index in [2.05, 4.69) is 44.0 Å². The number of allylic oxidation sites excluding steroid dienone is 1. The highest BCUT2D eigenvalue weighted by atomic mass is 15.5. The van der Waals surface area contributed by atoms with Gasteiger partial charge in [0.2, 0.25) is 0 Å². The lowest BCUT2D eigenvalue weighted by Gasteiger charge is -2.35. The Morgan fingerprint density at radius 3 is 2.73 bits per heavy atom. The summed E-state index contributed by atoms with van der Waals surface area (Å²) in [5, 5.41) is 9.63. The van der Waals surface area contributed by atoms with Gasteiger partial charge in [-0.3, -0.25) is 5.01 Å². The molecule has 0 amide bonds. The minimum Gasteiger partial charge on any atom is -0.311 e. The lowest BCUT2D eigenvalue weighted by atomic mass is 9.79. The molecule has 1 saturated heterocycles. The molecular formula is C12H23N3. The molecule has 1 heterocycles. The number of hydrogen-bond donors (Lipinski definition) is 1. The van der Waals surface area contributed by atoms with Gasteiger partial charge in [-0.25, -0.2) is 0 Å². The highest BCUT2D eigenvalue weighted by molar-refractivity contribution is 5.24. The number of nitrogens with one attached hydrogen (secondary N) is 1. The van der Waals surface area contributed by atoms with Crippen LogP contribution in [0.5, 0.6) is 0 Å². The molecule has 1 N–H and O–H groups in total. The summed E-state index contributed by atoms with van der Waals surface area (Å²) in [6, 6.07) is 0. The molecule has 1 aliphatic heterocycles. The van der Waals surface area contributed by atoms with Crippen molar-refractivity contribution in [2.45, 2.75) is 27.7 Å². The first kappa shape index (κ1) is 12.2. The number of hydrogen-bond acceptors (Lipinski definition) is 3. The van der Waals surface area contributed by atoms with Crippen LogP contribution in [-0.4, -0.2) is 31.4 Å². The number of rotatable bonds is 2. The van der Waals surface area contributed by atoms with Gasteiger partial charge < -0.3 is 5.32 Å². The van der Waals surface area contributed by atoms with Crippen molar-refractivity contribution in [2.24, 2.45) is 16.4 Å². The predicted molar refractivity (Wildman–Crippen MR) is 65.8 cm³/mol. The van der Waals surface area contributed by atoms with E-state index >= 15 is 0 Å². The largest absolute Gasteiger partial charge is 0.311 e. The zero-order chi connectivity index (χ0) is 11.5. The summed E-state index contributed by atoms with van der Waals surface area (Å²) >= 11 is 0. The van der Waals surface area contributed by atoms with Crippen LogP contribution < -0.4 is 5.32 Å². The first-order valence-corrected chi connectivity index (χ1v) is 5.63. The fourth-order valence-electron chi connectivity index (χ4n) is 1.85. The van der Waals surface area contributed by atoms with Gasteiger partial charge in [-0.2, -0.15) is 5.10 Å². The number of hydrazone groups is 1. The molecule has 1 fully saturated rings. The normalized spacial score (nSPS) is 30.7. The monoisotopic (exact) mass is 209 g/mol. The molecule has 0 saturated carbocycles. The quantitative estimate of drug-likeness (QED) is 0.705. The van der Waals surface area contributed by atoms with Gasteiger partial charge in [-0.15, -0.1) is 0 Å². The third-order valence-corrected chi connectivity index (χ3v) is 3.58. The lowest BCUT2D eigenvalue weighted by molar-refractivity contribution is 0.159. The SMILES string of the molecule is C=NN1CC(C)(C(C)C)CNC/C1=C/C. The first-order valence-electron chi connectivity index (χ1n) is 5.63. The van der Waals surface area contributed by atoms with Gasteiger partial charge in [0, 0.05) is 37.5 Å². The fraction of sp³-hybridized carbons (Fsp3) is 0.750. The number of nitrogens with zero attached hydrogens (tertiary/aromatic N) is 2. The van der Waals surface area contributed by atoms with Crippen molar-refractivity contribution in [3.8, 4) is 0 Å². The Bertz CT molecular complexity index is 258.